The lowest BCUT2D eigenvalue weighted by Crippen LogP contribution is -2.12. The molecule has 0 saturated carbocycles. The molecular formula is C11H12N2O5. The molecular weight excluding hydrogens is 240 g/mol. The van der Waals surface area contributed by atoms with E-state index in [2.05, 4.69) is 5.32 Å². The molecule has 0 aliphatic carbocycles. The predicted octanol–water partition coefficient (Wildman–Crippen LogP) is 1.16. The van der Waals surface area contributed by atoms with Crippen molar-refractivity contribution < 1.29 is 19.6 Å². The van der Waals surface area contributed by atoms with Gasteiger partial charge in [-0.2, -0.15) is 0 Å². The lowest BCUT2D eigenvalue weighted by molar-refractivity contribution is -0.479. The monoisotopic (exact) mass is 252 g/mol. The molecule has 0 heterocycles. The normalized spacial score (nSPS) is 9.83. The third-order valence-electron chi connectivity index (χ3n) is 2.23. The molecule has 0 saturated heterocycles. The Balaban J connectivity index is 3.03. The molecule has 1 amide bonds. The fourth-order valence-corrected chi connectivity index (χ4v) is 1.45. The van der Waals surface area contributed by atoms with Crippen LogP contribution in [0.5, 0.6) is 0 Å². The summed E-state index contributed by atoms with van der Waals surface area (Å²) in [6, 6.07) is 4.11. The van der Waals surface area contributed by atoms with Crippen molar-refractivity contribution in [2.24, 2.45) is 0 Å². The van der Waals surface area contributed by atoms with Gasteiger partial charge in [0.1, 0.15) is 0 Å². The van der Waals surface area contributed by atoms with Crippen molar-refractivity contribution in [1.82, 2.24) is 0 Å². The SMILES string of the molecule is CC(=O)Nc1cc(C(=O)O)ccc1CC[N+](=O)[O-]. The van der Waals surface area contributed by atoms with E-state index >= 15 is 0 Å². The number of carbonyl (C=O) groups excluding carboxylic acids is 1. The smallest absolute Gasteiger partial charge is 0.335 e. The molecule has 7 heteroatoms. The molecule has 0 aliphatic rings. The Hall–Kier alpha value is -2.44. The number of nitrogens with zero attached hydrogens (tertiary/aromatic N) is 1. The van der Waals surface area contributed by atoms with Crippen molar-refractivity contribution in [3.63, 3.8) is 0 Å². The van der Waals surface area contributed by atoms with Crippen molar-refractivity contribution in [3.05, 3.63) is 39.4 Å². The molecule has 0 bridgehead atoms. The molecule has 0 fully saturated rings. The maximum absolute atomic E-state index is 11.0. The molecule has 1 aromatic carbocycles. The van der Waals surface area contributed by atoms with Gasteiger partial charge in [0.2, 0.25) is 12.5 Å². The van der Waals surface area contributed by atoms with Crippen molar-refractivity contribution in [2.75, 3.05) is 11.9 Å². The summed E-state index contributed by atoms with van der Waals surface area (Å²) in [5.74, 6) is -1.48. The zero-order chi connectivity index (χ0) is 13.7. The van der Waals surface area contributed by atoms with Crippen LogP contribution in [0.2, 0.25) is 0 Å². The van der Waals surface area contributed by atoms with E-state index in [1.807, 2.05) is 0 Å². The van der Waals surface area contributed by atoms with Crippen LogP contribution < -0.4 is 5.32 Å². The molecule has 1 aromatic rings. The Morgan fingerprint density at radius 3 is 2.61 bits per heavy atom. The number of amides is 1. The maximum atomic E-state index is 11.0. The minimum absolute atomic E-state index is 0.0172. The Labute approximate surface area is 103 Å². The number of carboxylic acid groups (broad SMARTS) is 1. The molecule has 2 N–H and O–H groups in total. The van der Waals surface area contributed by atoms with E-state index in [1.165, 1.54) is 25.1 Å². The van der Waals surface area contributed by atoms with Crippen LogP contribution in [-0.4, -0.2) is 28.5 Å². The number of hydrogen-bond acceptors (Lipinski definition) is 4. The molecule has 0 spiro atoms. The highest BCUT2D eigenvalue weighted by atomic mass is 16.6. The number of aromatic carboxylic acids is 1. The van der Waals surface area contributed by atoms with Crippen molar-refractivity contribution in [3.8, 4) is 0 Å². The first-order valence-electron chi connectivity index (χ1n) is 5.15. The van der Waals surface area contributed by atoms with Gasteiger partial charge in [-0.25, -0.2) is 4.79 Å². The second-order valence-corrected chi connectivity index (χ2v) is 3.66. The predicted molar refractivity (Wildman–Crippen MR) is 63.3 cm³/mol. The average Bonchev–Trinajstić information content (AvgIpc) is 2.26. The lowest BCUT2D eigenvalue weighted by Gasteiger charge is -2.09. The number of hydrogen-bond donors (Lipinski definition) is 2. The van der Waals surface area contributed by atoms with Gasteiger partial charge in [-0.05, 0) is 17.7 Å². The molecule has 7 nitrogen and oxygen atoms in total. The molecule has 0 radical (unpaired) electrons. The van der Waals surface area contributed by atoms with Crippen LogP contribution in [0, 0.1) is 10.1 Å². The molecule has 1 rings (SSSR count). The number of carbonyl (C=O) groups is 2. The molecule has 18 heavy (non-hydrogen) atoms. The first-order valence-corrected chi connectivity index (χ1v) is 5.15. The minimum Gasteiger partial charge on any atom is -0.478 e. The van der Waals surface area contributed by atoms with Crippen LogP contribution in [-0.2, 0) is 11.2 Å². The summed E-state index contributed by atoms with van der Waals surface area (Å²) in [5.41, 5.74) is 0.847. The van der Waals surface area contributed by atoms with Gasteiger partial charge in [0.25, 0.3) is 0 Å². The van der Waals surface area contributed by atoms with E-state index < -0.39 is 10.9 Å². The average molecular weight is 252 g/mol. The highest BCUT2D eigenvalue weighted by Gasteiger charge is 2.11. The fraction of sp³-hybridized carbons (Fsp3) is 0.273. The molecule has 0 unspecified atom stereocenters. The summed E-state index contributed by atoms with van der Waals surface area (Å²) in [5, 5.41) is 21.6. The zero-order valence-electron chi connectivity index (χ0n) is 9.67. The Kier molecular flexibility index (Phi) is 4.36. The summed E-state index contributed by atoms with van der Waals surface area (Å²) in [6.07, 6.45) is 0.127. The number of benzene rings is 1. The van der Waals surface area contributed by atoms with Crippen molar-refractivity contribution in [2.45, 2.75) is 13.3 Å². The van der Waals surface area contributed by atoms with Gasteiger partial charge in [-0.15, -0.1) is 0 Å². The zero-order valence-corrected chi connectivity index (χ0v) is 9.67. The van der Waals surface area contributed by atoms with Crippen LogP contribution in [0.1, 0.15) is 22.8 Å². The van der Waals surface area contributed by atoms with Crippen LogP contribution in [0.3, 0.4) is 0 Å². The maximum Gasteiger partial charge on any atom is 0.335 e. The number of carboxylic acids is 1. The Morgan fingerprint density at radius 1 is 1.44 bits per heavy atom. The second kappa shape index (κ2) is 5.76. The van der Waals surface area contributed by atoms with E-state index in [-0.39, 0.29) is 24.4 Å². The van der Waals surface area contributed by atoms with Gasteiger partial charge >= 0.3 is 5.97 Å². The van der Waals surface area contributed by atoms with Crippen LogP contribution in [0.4, 0.5) is 5.69 Å². The molecule has 0 atom stereocenters. The summed E-state index contributed by atoms with van der Waals surface area (Å²) in [4.78, 5) is 31.6. The van der Waals surface area contributed by atoms with Gasteiger partial charge in [0.05, 0.1) is 5.56 Å². The lowest BCUT2D eigenvalue weighted by atomic mass is 10.1. The number of nitro groups is 1. The van der Waals surface area contributed by atoms with E-state index in [1.54, 1.807) is 0 Å². The van der Waals surface area contributed by atoms with Gasteiger partial charge in [-0.1, -0.05) is 6.07 Å². The minimum atomic E-state index is -1.12. The highest BCUT2D eigenvalue weighted by Crippen LogP contribution is 2.19. The third kappa shape index (κ3) is 3.85. The summed E-state index contributed by atoms with van der Waals surface area (Å²) in [7, 11) is 0. The molecule has 96 valence electrons. The number of nitrogens with one attached hydrogen (secondary N) is 1. The quantitative estimate of drug-likeness (QED) is 0.603. The van der Waals surface area contributed by atoms with Crippen LogP contribution in [0.15, 0.2) is 18.2 Å². The van der Waals surface area contributed by atoms with Gasteiger partial charge in [0, 0.05) is 24.0 Å². The van der Waals surface area contributed by atoms with Crippen LogP contribution >= 0.6 is 0 Å². The number of rotatable bonds is 5. The summed E-state index contributed by atoms with van der Waals surface area (Å²) < 4.78 is 0. The highest BCUT2D eigenvalue weighted by molar-refractivity contribution is 5.93. The van der Waals surface area contributed by atoms with Gasteiger partial charge in [-0.3, -0.25) is 14.9 Å². The number of anilines is 1. The first kappa shape index (κ1) is 13.6. The Bertz CT molecular complexity index is 498. The first-order chi connectivity index (χ1) is 8.40. The fourth-order valence-electron chi connectivity index (χ4n) is 1.45. The standard InChI is InChI=1S/C11H12N2O5/c1-7(14)12-10-6-9(11(15)16)3-2-8(10)4-5-13(17)18/h2-3,6H,4-5H2,1H3,(H,12,14)(H,15,16). The van der Waals surface area contributed by atoms with E-state index in [9.17, 15) is 19.7 Å². The van der Waals surface area contributed by atoms with Crippen LogP contribution in [0.25, 0.3) is 0 Å². The summed E-state index contributed by atoms with van der Waals surface area (Å²) >= 11 is 0. The Morgan fingerprint density at radius 2 is 2.11 bits per heavy atom. The van der Waals surface area contributed by atoms with Crippen molar-refractivity contribution in [1.29, 1.82) is 0 Å². The third-order valence-corrected chi connectivity index (χ3v) is 2.23. The topological polar surface area (TPSA) is 110 Å². The van der Waals surface area contributed by atoms with Gasteiger partial charge in [0.15, 0.2) is 0 Å². The van der Waals surface area contributed by atoms with E-state index in [0.717, 1.165) is 0 Å². The second-order valence-electron chi connectivity index (χ2n) is 3.66. The molecule has 0 aliphatic heterocycles. The summed E-state index contributed by atoms with van der Waals surface area (Å²) in [6.45, 7) is 1.00. The largest absolute Gasteiger partial charge is 0.478 e. The van der Waals surface area contributed by atoms with E-state index in [0.29, 0.717) is 11.3 Å². The van der Waals surface area contributed by atoms with Gasteiger partial charge < -0.3 is 10.4 Å². The van der Waals surface area contributed by atoms with Crippen molar-refractivity contribution >= 4 is 17.6 Å². The van der Waals surface area contributed by atoms with E-state index in [4.69, 9.17) is 5.11 Å². The molecule has 0 aromatic heterocycles.